The van der Waals surface area contributed by atoms with E-state index in [9.17, 15) is 14.0 Å². The van der Waals surface area contributed by atoms with Crippen molar-refractivity contribution in [3.8, 4) is 17.4 Å². The predicted octanol–water partition coefficient (Wildman–Crippen LogP) is 3.57. The van der Waals surface area contributed by atoms with E-state index < -0.39 is 17.9 Å². The van der Waals surface area contributed by atoms with Crippen LogP contribution in [-0.4, -0.2) is 30.2 Å². The van der Waals surface area contributed by atoms with Gasteiger partial charge < -0.3 is 14.2 Å². The first-order valence-electron chi connectivity index (χ1n) is 6.90. The third-order valence-corrected chi connectivity index (χ3v) is 3.24. The van der Waals surface area contributed by atoms with Crippen LogP contribution in [0.2, 0.25) is 5.02 Å². The van der Waals surface area contributed by atoms with Gasteiger partial charge in [-0.1, -0.05) is 11.6 Å². The van der Waals surface area contributed by atoms with Crippen LogP contribution in [-0.2, 0) is 14.3 Å². The fourth-order valence-electron chi connectivity index (χ4n) is 1.77. The molecule has 0 amide bonds. The number of hydrogen-bond donors (Lipinski definition) is 0. The number of hydrogen-bond acceptors (Lipinski definition) is 7. The molecule has 1 atom stereocenters. The van der Waals surface area contributed by atoms with Gasteiger partial charge in [0.05, 0.1) is 12.1 Å². The summed E-state index contributed by atoms with van der Waals surface area (Å²) in [6, 6.07) is 5.14. The number of nitrogens with zero attached hydrogens (tertiary/aromatic N) is 2. The van der Waals surface area contributed by atoms with E-state index in [4.69, 9.17) is 21.1 Å². The summed E-state index contributed by atoms with van der Waals surface area (Å²) < 4.78 is 29.2. The van der Waals surface area contributed by atoms with Gasteiger partial charge in [-0.3, -0.25) is 0 Å². The fourth-order valence-corrected chi connectivity index (χ4v) is 1.96. The van der Waals surface area contributed by atoms with E-state index in [2.05, 4.69) is 14.7 Å². The van der Waals surface area contributed by atoms with Crippen LogP contribution in [0.25, 0.3) is 0 Å². The highest BCUT2D eigenvalue weighted by Crippen LogP contribution is 2.37. The van der Waals surface area contributed by atoms with Gasteiger partial charge in [-0.2, -0.15) is 4.99 Å². The monoisotopic (exact) mass is 366 g/mol. The van der Waals surface area contributed by atoms with Gasteiger partial charge in [0.1, 0.15) is 11.4 Å². The molecule has 9 heteroatoms. The molecule has 7 nitrogen and oxygen atoms in total. The molecule has 1 heterocycles. The van der Waals surface area contributed by atoms with E-state index >= 15 is 0 Å². The molecule has 0 radical (unpaired) electrons. The Balaban J connectivity index is 2.34. The summed E-state index contributed by atoms with van der Waals surface area (Å²) in [6.07, 6.45) is 1.74. The molecule has 0 bridgehead atoms. The minimum atomic E-state index is -0.929. The van der Waals surface area contributed by atoms with Gasteiger partial charge in [-0.25, -0.2) is 19.0 Å². The van der Waals surface area contributed by atoms with Crippen molar-refractivity contribution in [1.29, 1.82) is 0 Å². The number of aromatic nitrogens is 1. The molecule has 25 heavy (non-hydrogen) atoms. The Morgan fingerprint density at radius 2 is 2.16 bits per heavy atom. The average molecular weight is 367 g/mol. The van der Waals surface area contributed by atoms with Crippen LogP contribution in [0.4, 0.5) is 10.1 Å². The van der Waals surface area contributed by atoms with E-state index in [1.54, 1.807) is 6.07 Å². The Bertz CT molecular complexity index is 839. The van der Waals surface area contributed by atoms with Crippen molar-refractivity contribution in [1.82, 2.24) is 4.98 Å². The molecule has 0 saturated heterocycles. The number of aliphatic imine (C=N–C) groups is 1. The largest absolute Gasteiger partial charge is 0.466 e. The minimum Gasteiger partial charge on any atom is -0.466 e. The van der Waals surface area contributed by atoms with Gasteiger partial charge in [0, 0.05) is 12.3 Å². The van der Waals surface area contributed by atoms with Gasteiger partial charge >= 0.3 is 5.97 Å². The van der Waals surface area contributed by atoms with Crippen LogP contribution in [0.5, 0.6) is 17.4 Å². The zero-order valence-corrected chi connectivity index (χ0v) is 13.9. The topological polar surface area (TPSA) is 87.1 Å². The first-order valence-corrected chi connectivity index (χ1v) is 7.28. The van der Waals surface area contributed by atoms with Crippen LogP contribution in [0.1, 0.15) is 6.92 Å². The predicted molar refractivity (Wildman–Crippen MR) is 85.6 cm³/mol. The highest BCUT2D eigenvalue weighted by Gasteiger charge is 2.19. The summed E-state index contributed by atoms with van der Waals surface area (Å²) in [5, 5.41) is -0.0573. The lowest BCUT2D eigenvalue weighted by Crippen LogP contribution is -2.25. The van der Waals surface area contributed by atoms with E-state index in [0.29, 0.717) is 0 Å². The first kappa shape index (κ1) is 18.4. The number of methoxy groups -OCH3 is 1. The molecule has 0 fully saturated rings. The highest BCUT2D eigenvalue weighted by molar-refractivity contribution is 6.32. The minimum absolute atomic E-state index is 0.00114. The van der Waals surface area contributed by atoms with Gasteiger partial charge in [0.25, 0.3) is 5.88 Å². The molecular weight excluding hydrogens is 355 g/mol. The number of carbonyl (C=O) groups is 1. The number of pyridine rings is 1. The summed E-state index contributed by atoms with van der Waals surface area (Å²) in [6.45, 7) is 1.48. The number of halogens is 2. The maximum atomic E-state index is 13.6. The van der Waals surface area contributed by atoms with Crippen molar-refractivity contribution >= 4 is 29.3 Å². The molecule has 2 aromatic rings. The molecule has 0 N–H and O–H groups in total. The van der Waals surface area contributed by atoms with Gasteiger partial charge in [-0.05, 0) is 25.1 Å². The van der Waals surface area contributed by atoms with Crippen molar-refractivity contribution in [3.63, 3.8) is 0 Å². The van der Waals surface area contributed by atoms with Crippen LogP contribution >= 0.6 is 11.6 Å². The van der Waals surface area contributed by atoms with Crippen molar-refractivity contribution in [3.05, 3.63) is 41.3 Å². The molecule has 1 aromatic heterocycles. The Morgan fingerprint density at radius 1 is 1.40 bits per heavy atom. The lowest BCUT2D eigenvalue weighted by molar-refractivity contribution is -0.148. The first-order chi connectivity index (χ1) is 12.0. The van der Waals surface area contributed by atoms with E-state index in [1.165, 1.54) is 32.4 Å². The zero-order chi connectivity index (χ0) is 18.4. The Hall–Kier alpha value is -2.96. The van der Waals surface area contributed by atoms with Crippen molar-refractivity contribution < 1.29 is 28.2 Å². The summed E-state index contributed by atoms with van der Waals surface area (Å²) >= 11 is 5.94. The third kappa shape index (κ3) is 4.53. The Labute approximate surface area is 147 Å². The summed E-state index contributed by atoms with van der Waals surface area (Å²) in [4.78, 5) is 29.0. The molecule has 2 rings (SSSR count). The van der Waals surface area contributed by atoms with Crippen LogP contribution in [0.3, 0.4) is 0 Å². The molecule has 1 aromatic carbocycles. The summed E-state index contributed by atoms with van der Waals surface area (Å²) in [5.74, 6) is -1.27. The van der Waals surface area contributed by atoms with Gasteiger partial charge in [-0.15, -0.1) is 0 Å². The normalized spacial score (nSPS) is 11.2. The van der Waals surface area contributed by atoms with Crippen molar-refractivity contribution in [2.45, 2.75) is 13.0 Å². The quantitative estimate of drug-likeness (QED) is 0.441. The van der Waals surface area contributed by atoms with E-state index in [1.807, 2.05) is 0 Å². The number of benzene rings is 1. The van der Waals surface area contributed by atoms with Crippen LogP contribution < -0.4 is 9.47 Å². The second kappa shape index (κ2) is 8.23. The molecule has 0 spiro atoms. The molecule has 0 aliphatic carbocycles. The molecular formula is C16H12ClFN2O5. The maximum Gasteiger partial charge on any atom is 0.346 e. The average Bonchev–Trinajstić information content (AvgIpc) is 2.60. The summed E-state index contributed by atoms with van der Waals surface area (Å²) in [7, 11) is 1.23. The summed E-state index contributed by atoms with van der Waals surface area (Å²) in [5.41, 5.74) is -0.288. The van der Waals surface area contributed by atoms with E-state index in [-0.39, 0.29) is 28.1 Å². The molecule has 0 aliphatic heterocycles. The van der Waals surface area contributed by atoms with Crippen LogP contribution in [0, 0.1) is 5.82 Å². The van der Waals surface area contributed by atoms with Crippen molar-refractivity contribution in [2.24, 2.45) is 4.99 Å². The number of ether oxygens (including phenoxy) is 3. The Morgan fingerprint density at radius 3 is 2.84 bits per heavy atom. The maximum absolute atomic E-state index is 13.6. The molecule has 0 aliphatic rings. The van der Waals surface area contributed by atoms with Gasteiger partial charge in [0.15, 0.2) is 17.7 Å². The fraction of sp³-hybridized carbons (Fsp3) is 0.188. The number of rotatable bonds is 6. The molecule has 1 unspecified atom stereocenters. The van der Waals surface area contributed by atoms with Crippen LogP contribution in [0.15, 0.2) is 35.5 Å². The number of carbonyl (C=O) groups excluding carboxylic acids is 2. The van der Waals surface area contributed by atoms with E-state index in [0.717, 1.165) is 12.1 Å². The smallest absolute Gasteiger partial charge is 0.346 e. The Kier molecular flexibility index (Phi) is 6.05. The van der Waals surface area contributed by atoms with Gasteiger partial charge in [0.2, 0.25) is 6.08 Å². The molecule has 130 valence electrons. The number of isocyanates is 1. The lowest BCUT2D eigenvalue weighted by atomic mass is 10.3. The highest BCUT2D eigenvalue weighted by atomic mass is 35.5. The second-order valence-corrected chi connectivity index (χ2v) is 5.04. The van der Waals surface area contributed by atoms with Crippen molar-refractivity contribution in [2.75, 3.05) is 7.11 Å². The third-order valence-electron chi connectivity index (χ3n) is 2.95. The molecule has 0 saturated carbocycles. The SMILES string of the molecule is COC(=O)C(C)Oc1ncccc1Oc1cc(N=C=O)c(F)cc1Cl. The second-order valence-electron chi connectivity index (χ2n) is 4.63. The lowest BCUT2D eigenvalue weighted by Gasteiger charge is -2.15. The zero-order valence-electron chi connectivity index (χ0n) is 13.2. The number of esters is 1. The standard InChI is InChI=1S/C16H12ClFN2O5/c1-9(16(22)23-2)24-15-13(4-3-5-19-15)25-14-7-12(20-8-21)11(18)6-10(14)17/h3-7,9H,1-2H3.